The van der Waals surface area contributed by atoms with Crippen molar-refractivity contribution in [3.8, 4) is 0 Å². The summed E-state index contributed by atoms with van der Waals surface area (Å²) in [6.45, 7) is 3.09. The summed E-state index contributed by atoms with van der Waals surface area (Å²) in [6, 6.07) is 0.270. The SMILES string of the molecule is CCCN(CC(=O)NCC(F)(F)F)C1CNC1. The van der Waals surface area contributed by atoms with Gasteiger partial charge in [-0.15, -0.1) is 0 Å². The first-order valence-electron chi connectivity index (χ1n) is 5.70. The zero-order valence-electron chi connectivity index (χ0n) is 9.81. The summed E-state index contributed by atoms with van der Waals surface area (Å²) in [5.74, 6) is -0.567. The molecular weight excluding hydrogens is 235 g/mol. The van der Waals surface area contributed by atoms with E-state index in [4.69, 9.17) is 0 Å². The molecule has 1 aliphatic heterocycles. The summed E-state index contributed by atoms with van der Waals surface area (Å²) in [6.07, 6.45) is -3.47. The van der Waals surface area contributed by atoms with Crippen LogP contribution in [0.15, 0.2) is 0 Å². The average Bonchev–Trinajstić information content (AvgIpc) is 2.11. The molecule has 0 saturated carbocycles. The van der Waals surface area contributed by atoms with Gasteiger partial charge in [-0.2, -0.15) is 13.2 Å². The molecule has 0 spiro atoms. The molecule has 0 aromatic carbocycles. The molecule has 0 aromatic heterocycles. The molecular formula is C10H18F3N3O. The molecule has 0 unspecified atom stereocenters. The Kier molecular flexibility index (Phi) is 5.20. The molecule has 1 amide bonds. The molecule has 1 fully saturated rings. The Balaban J connectivity index is 2.30. The number of alkyl halides is 3. The molecule has 0 aliphatic carbocycles. The van der Waals surface area contributed by atoms with Crippen LogP contribution in [0.5, 0.6) is 0 Å². The van der Waals surface area contributed by atoms with E-state index in [0.717, 1.165) is 26.1 Å². The van der Waals surface area contributed by atoms with Crippen LogP contribution < -0.4 is 10.6 Å². The third kappa shape index (κ3) is 5.36. The number of amides is 1. The van der Waals surface area contributed by atoms with E-state index in [2.05, 4.69) is 5.32 Å². The molecule has 1 rings (SSSR count). The van der Waals surface area contributed by atoms with Crippen LogP contribution in [-0.4, -0.2) is 55.7 Å². The Labute approximate surface area is 98.5 Å². The van der Waals surface area contributed by atoms with Crippen LogP contribution in [0, 0.1) is 0 Å². The number of carbonyl (C=O) groups excluding carboxylic acids is 1. The highest BCUT2D eigenvalue weighted by atomic mass is 19.4. The predicted molar refractivity (Wildman–Crippen MR) is 57.6 cm³/mol. The summed E-state index contributed by atoms with van der Waals surface area (Å²) in [4.78, 5) is 13.3. The predicted octanol–water partition coefficient (Wildman–Crippen LogP) is 0.349. The van der Waals surface area contributed by atoms with Crippen molar-refractivity contribution in [1.29, 1.82) is 0 Å². The van der Waals surface area contributed by atoms with Crippen LogP contribution in [0.1, 0.15) is 13.3 Å². The number of hydrogen-bond acceptors (Lipinski definition) is 3. The maximum atomic E-state index is 11.9. The van der Waals surface area contributed by atoms with Gasteiger partial charge in [-0.1, -0.05) is 6.92 Å². The van der Waals surface area contributed by atoms with E-state index in [9.17, 15) is 18.0 Å². The molecule has 0 bridgehead atoms. The number of nitrogens with zero attached hydrogens (tertiary/aromatic N) is 1. The fourth-order valence-corrected chi connectivity index (χ4v) is 1.65. The number of halogens is 3. The monoisotopic (exact) mass is 253 g/mol. The van der Waals surface area contributed by atoms with Crippen molar-refractivity contribution in [2.75, 3.05) is 32.7 Å². The van der Waals surface area contributed by atoms with Gasteiger partial charge in [0.2, 0.25) is 5.91 Å². The number of hydrogen-bond donors (Lipinski definition) is 2. The molecule has 17 heavy (non-hydrogen) atoms. The minimum Gasteiger partial charge on any atom is -0.346 e. The van der Waals surface area contributed by atoms with Crippen LogP contribution >= 0.6 is 0 Å². The van der Waals surface area contributed by atoms with Gasteiger partial charge in [0.15, 0.2) is 0 Å². The third-order valence-electron chi connectivity index (χ3n) is 2.62. The van der Waals surface area contributed by atoms with Gasteiger partial charge in [0.05, 0.1) is 6.54 Å². The Bertz CT molecular complexity index is 254. The highest BCUT2D eigenvalue weighted by Crippen LogP contribution is 2.12. The average molecular weight is 253 g/mol. The number of nitrogens with one attached hydrogen (secondary N) is 2. The topological polar surface area (TPSA) is 44.4 Å². The van der Waals surface area contributed by atoms with Crippen molar-refractivity contribution in [3.63, 3.8) is 0 Å². The second-order valence-electron chi connectivity index (χ2n) is 4.17. The van der Waals surface area contributed by atoms with Crippen molar-refractivity contribution in [3.05, 3.63) is 0 Å². The molecule has 1 heterocycles. The van der Waals surface area contributed by atoms with E-state index in [-0.39, 0.29) is 12.6 Å². The Morgan fingerprint density at radius 1 is 1.47 bits per heavy atom. The fraction of sp³-hybridized carbons (Fsp3) is 0.900. The highest BCUT2D eigenvalue weighted by molar-refractivity contribution is 5.78. The maximum absolute atomic E-state index is 11.9. The third-order valence-corrected chi connectivity index (χ3v) is 2.62. The van der Waals surface area contributed by atoms with Crippen molar-refractivity contribution in [2.45, 2.75) is 25.6 Å². The molecule has 1 saturated heterocycles. The van der Waals surface area contributed by atoms with Crippen LogP contribution in [0.4, 0.5) is 13.2 Å². The summed E-state index contributed by atoms with van der Waals surface area (Å²) >= 11 is 0. The van der Waals surface area contributed by atoms with Crippen LogP contribution in [0.25, 0.3) is 0 Å². The van der Waals surface area contributed by atoms with Gasteiger partial charge in [0.25, 0.3) is 0 Å². The molecule has 4 nitrogen and oxygen atoms in total. The summed E-state index contributed by atoms with van der Waals surface area (Å²) < 4.78 is 35.7. The van der Waals surface area contributed by atoms with Gasteiger partial charge in [-0.3, -0.25) is 9.69 Å². The molecule has 100 valence electrons. The fourth-order valence-electron chi connectivity index (χ4n) is 1.65. The lowest BCUT2D eigenvalue weighted by Crippen LogP contribution is -2.59. The zero-order valence-corrected chi connectivity index (χ0v) is 9.81. The lowest BCUT2D eigenvalue weighted by molar-refractivity contribution is -0.139. The molecule has 1 aliphatic rings. The largest absolute Gasteiger partial charge is 0.405 e. The smallest absolute Gasteiger partial charge is 0.346 e. The first-order chi connectivity index (χ1) is 7.92. The first kappa shape index (κ1) is 14.2. The van der Waals surface area contributed by atoms with E-state index in [1.54, 1.807) is 0 Å². The summed E-state index contributed by atoms with van der Waals surface area (Å²) in [7, 11) is 0. The van der Waals surface area contributed by atoms with Crippen molar-refractivity contribution < 1.29 is 18.0 Å². The quantitative estimate of drug-likeness (QED) is 0.718. The second-order valence-corrected chi connectivity index (χ2v) is 4.17. The zero-order chi connectivity index (χ0) is 12.9. The maximum Gasteiger partial charge on any atom is 0.405 e. The van der Waals surface area contributed by atoms with E-state index >= 15 is 0 Å². The van der Waals surface area contributed by atoms with Crippen LogP contribution in [0.2, 0.25) is 0 Å². The molecule has 0 atom stereocenters. The van der Waals surface area contributed by atoms with Gasteiger partial charge in [0, 0.05) is 19.1 Å². The highest BCUT2D eigenvalue weighted by Gasteiger charge is 2.29. The van der Waals surface area contributed by atoms with E-state index in [0.29, 0.717) is 0 Å². The second kappa shape index (κ2) is 6.20. The minimum atomic E-state index is -4.34. The molecule has 0 aromatic rings. The van der Waals surface area contributed by atoms with Gasteiger partial charge in [-0.25, -0.2) is 0 Å². The summed E-state index contributed by atoms with van der Waals surface area (Å²) in [5.41, 5.74) is 0. The summed E-state index contributed by atoms with van der Waals surface area (Å²) in [5, 5.41) is 4.96. The normalized spacial score (nSPS) is 17.0. The lowest BCUT2D eigenvalue weighted by Gasteiger charge is -2.37. The van der Waals surface area contributed by atoms with E-state index in [1.165, 1.54) is 0 Å². The molecule has 2 N–H and O–H groups in total. The van der Waals surface area contributed by atoms with Gasteiger partial charge < -0.3 is 10.6 Å². The van der Waals surface area contributed by atoms with Gasteiger partial charge in [-0.05, 0) is 13.0 Å². The van der Waals surface area contributed by atoms with Gasteiger partial charge >= 0.3 is 6.18 Å². The van der Waals surface area contributed by atoms with Crippen molar-refractivity contribution in [1.82, 2.24) is 15.5 Å². The molecule has 0 radical (unpaired) electrons. The van der Waals surface area contributed by atoms with Crippen LogP contribution in [0.3, 0.4) is 0 Å². The first-order valence-corrected chi connectivity index (χ1v) is 5.70. The number of rotatable bonds is 6. The van der Waals surface area contributed by atoms with E-state index < -0.39 is 18.6 Å². The lowest BCUT2D eigenvalue weighted by atomic mass is 10.1. The molecule has 7 heteroatoms. The van der Waals surface area contributed by atoms with E-state index in [1.807, 2.05) is 17.1 Å². The minimum absolute atomic E-state index is 0.0380. The number of carbonyl (C=O) groups is 1. The Morgan fingerprint density at radius 3 is 2.53 bits per heavy atom. The standard InChI is InChI=1S/C10H18F3N3O/c1-2-3-16(8-4-14-5-8)6-9(17)15-7-10(11,12)13/h8,14H,2-7H2,1H3,(H,15,17). The Morgan fingerprint density at radius 2 is 2.12 bits per heavy atom. The Hall–Kier alpha value is -0.820. The van der Waals surface area contributed by atoms with Crippen molar-refractivity contribution >= 4 is 5.91 Å². The van der Waals surface area contributed by atoms with Crippen molar-refractivity contribution in [2.24, 2.45) is 0 Å². The van der Waals surface area contributed by atoms with Crippen LogP contribution in [-0.2, 0) is 4.79 Å². The van der Waals surface area contributed by atoms with Gasteiger partial charge in [0.1, 0.15) is 6.54 Å².